The third-order valence-electron chi connectivity index (χ3n) is 4.34. The maximum Gasteiger partial charge on any atom is 0.387 e. The Morgan fingerprint density at radius 2 is 1.89 bits per heavy atom. The maximum atomic E-state index is 12.7. The van der Waals surface area contributed by atoms with E-state index in [0.717, 1.165) is 0 Å². The molecule has 1 heterocycles. The molecule has 1 fully saturated rings. The van der Waals surface area contributed by atoms with Crippen LogP contribution in [-0.2, 0) is 9.59 Å². The van der Waals surface area contributed by atoms with Crippen molar-refractivity contribution in [1.82, 2.24) is 5.32 Å². The number of nitrogens with one attached hydrogen (secondary N) is 1. The summed E-state index contributed by atoms with van der Waals surface area (Å²) in [5, 5.41) is 2.73. The average molecular weight is 406 g/mol. The molecule has 27 heavy (non-hydrogen) atoms. The molecule has 1 aliphatic heterocycles. The van der Waals surface area contributed by atoms with E-state index in [0.29, 0.717) is 25.1 Å². The van der Waals surface area contributed by atoms with Crippen LogP contribution in [0.2, 0.25) is 0 Å². The third kappa shape index (κ3) is 6.04. The van der Waals surface area contributed by atoms with Gasteiger partial charge in [0.05, 0.1) is 6.04 Å². The Morgan fingerprint density at radius 3 is 2.41 bits per heavy atom. The van der Waals surface area contributed by atoms with E-state index in [9.17, 15) is 18.4 Å². The van der Waals surface area contributed by atoms with Gasteiger partial charge >= 0.3 is 6.61 Å². The molecule has 1 aliphatic rings. The third-order valence-corrected chi connectivity index (χ3v) is 4.34. The van der Waals surface area contributed by atoms with Gasteiger partial charge in [0.2, 0.25) is 11.8 Å². The molecule has 1 unspecified atom stereocenters. The highest BCUT2D eigenvalue weighted by Crippen LogP contribution is 2.25. The minimum Gasteiger partial charge on any atom is -0.435 e. The topological polar surface area (TPSA) is 84.7 Å². The van der Waals surface area contributed by atoms with Gasteiger partial charge in [-0.05, 0) is 42.5 Å². The van der Waals surface area contributed by atoms with Crippen molar-refractivity contribution in [3.8, 4) is 5.75 Å². The minimum atomic E-state index is -2.90. The van der Waals surface area contributed by atoms with Crippen LogP contribution in [0.5, 0.6) is 5.75 Å². The molecule has 0 spiro atoms. The molecule has 1 aromatic carbocycles. The monoisotopic (exact) mass is 405 g/mol. The van der Waals surface area contributed by atoms with E-state index < -0.39 is 24.1 Å². The number of piperidine rings is 1. The lowest BCUT2D eigenvalue weighted by atomic mass is 9.86. The number of halogens is 3. The molecule has 6 nitrogen and oxygen atoms in total. The zero-order valence-electron chi connectivity index (χ0n) is 15.6. The smallest absolute Gasteiger partial charge is 0.387 e. The number of anilines is 1. The number of alkyl halides is 2. The lowest BCUT2D eigenvalue weighted by Crippen LogP contribution is -2.57. The lowest BCUT2D eigenvalue weighted by Gasteiger charge is -2.34. The lowest BCUT2D eigenvalue weighted by molar-refractivity contribution is -0.130. The fourth-order valence-corrected chi connectivity index (χ4v) is 2.73. The van der Waals surface area contributed by atoms with Crippen molar-refractivity contribution in [2.45, 2.75) is 52.3 Å². The summed E-state index contributed by atoms with van der Waals surface area (Å²) in [4.78, 5) is 26.5. The zero-order valence-corrected chi connectivity index (χ0v) is 16.4. The van der Waals surface area contributed by atoms with Crippen molar-refractivity contribution in [3.63, 3.8) is 0 Å². The van der Waals surface area contributed by atoms with E-state index in [1.165, 1.54) is 17.0 Å². The highest BCUT2D eigenvalue weighted by molar-refractivity contribution is 6.00. The Bertz CT molecular complexity index is 650. The second-order valence-corrected chi connectivity index (χ2v) is 7.41. The largest absolute Gasteiger partial charge is 0.435 e. The fraction of sp³-hybridized carbons (Fsp3) is 0.556. The van der Waals surface area contributed by atoms with E-state index in [-0.39, 0.29) is 30.0 Å². The van der Waals surface area contributed by atoms with E-state index in [1.54, 1.807) is 12.1 Å². The number of nitrogens with zero attached hydrogens (tertiary/aromatic N) is 1. The SMILES string of the molecule is CC(C)(C)[C@H](N)C(=O)NC1CCCN(c2ccc(OC(F)F)cc2)C1=O.Cl. The van der Waals surface area contributed by atoms with Crippen LogP contribution < -0.4 is 20.7 Å². The number of rotatable bonds is 5. The summed E-state index contributed by atoms with van der Waals surface area (Å²) in [6.07, 6.45) is 1.24. The van der Waals surface area contributed by atoms with Crippen LogP contribution in [0.1, 0.15) is 33.6 Å². The number of amides is 2. The fourth-order valence-electron chi connectivity index (χ4n) is 2.73. The van der Waals surface area contributed by atoms with Crippen LogP contribution in [-0.4, -0.2) is 37.1 Å². The Balaban J connectivity index is 0.00000364. The van der Waals surface area contributed by atoms with Crippen LogP contribution in [0.25, 0.3) is 0 Å². The molecule has 0 bridgehead atoms. The van der Waals surface area contributed by atoms with Crippen LogP contribution in [0.3, 0.4) is 0 Å². The molecule has 2 amide bonds. The highest BCUT2D eigenvalue weighted by atomic mass is 35.5. The quantitative estimate of drug-likeness (QED) is 0.788. The van der Waals surface area contributed by atoms with Gasteiger partial charge in [-0.15, -0.1) is 12.4 Å². The molecule has 2 rings (SSSR count). The van der Waals surface area contributed by atoms with Crippen LogP contribution in [0.4, 0.5) is 14.5 Å². The van der Waals surface area contributed by atoms with E-state index in [2.05, 4.69) is 10.1 Å². The summed E-state index contributed by atoms with van der Waals surface area (Å²) < 4.78 is 28.8. The zero-order chi connectivity index (χ0) is 19.5. The molecule has 0 saturated carbocycles. The summed E-state index contributed by atoms with van der Waals surface area (Å²) in [5.41, 5.74) is 6.10. The van der Waals surface area contributed by atoms with Crippen LogP contribution >= 0.6 is 12.4 Å². The number of benzene rings is 1. The number of carbonyl (C=O) groups excluding carboxylic acids is 2. The first-order valence-corrected chi connectivity index (χ1v) is 8.52. The average Bonchev–Trinajstić information content (AvgIpc) is 2.55. The van der Waals surface area contributed by atoms with Gasteiger partial charge in [-0.2, -0.15) is 8.78 Å². The van der Waals surface area contributed by atoms with Gasteiger partial charge < -0.3 is 20.7 Å². The van der Waals surface area contributed by atoms with Crippen molar-refractivity contribution in [2.75, 3.05) is 11.4 Å². The molecule has 9 heteroatoms. The van der Waals surface area contributed by atoms with Gasteiger partial charge in [-0.3, -0.25) is 9.59 Å². The van der Waals surface area contributed by atoms with E-state index in [4.69, 9.17) is 5.73 Å². The summed E-state index contributed by atoms with van der Waals surface area (Å²) in [5.74, 6) is -0.583. The molecular weight excluding hydrogens is 380 g/mol. The van der Waals surface area contributed by atoms with Gasteiger partial charge in [0, 0.05) is 12.2 Å². The van der Waals surface area contributed by atoms with Gasteiger partial charge in [-0.1, -0.05) is 20.8 Å². The normalized spacial score (nSPS) is 18.7. The van der Waals surface area contributed by atoms with Gasteiger partial charge in [0.25, 0.3) is 0 Å². The summed E-state index contributed by atoms with van der Waals surface area (Å²) in [7, 11) is 0. The predicted octanol–water partition coefficient (Wildman–Crippen LogP) is 2.69. The molecule has 3 N–H and O–H groups in total. The van der Waals surface area contributed by atoms with E-state index >= 15 is 0 Å². The summed E-state index contributed by atoms with van der Waals surface area (Å²) in [6.45, 7) is 3.16. The maximum absolute atomic E-state index is 12.7. The second kappa shape index (κ2) is 9.32. The molecule has 152 valence electrons. The van der Waals surface area contributed by atoms with Gasteiger partial charge in [0.1, 0.15) is 11.8 Å². The number of hydrogen-bond acceptors (Lipinski definition) is 4. The van der Waals surface area contributed by atoms with Crippen LogP contribution in [0.15, 0.2) is 24.3 Å². The first-order chi connectivity index (χ1) is 12.1. The number of ether oxygens (including phenoxy) is 1. The summed E-state index contributed by atoms with van der Waals surface area (Å²) in [6, 6.07) is 4.47. The van der Waals surface area contributed by atoms with Gasteiger partial charge in [0.15, 0.2) is 0 Å². The van der Waals surface area contributed by atoms with Crippen molar-refractivity contribution in [2.24, 2.45) is 11.1 Å². The first kappa shape index (κ1) is 23.1. The molecule has 0 aliphatic carbocycles. The summed E-state index contributed by atoms with van der Waals surface area (Å²) >= 11 is 0. The Labute approximate surface area is 163 Å². The molecule has 0 radical (unpaired) electrons. The van der Waals surface area contributed by atoms with Crippen molar-refractivity contribution in [1.29, 1.82) is 0 Å². The molecule has 2 atom stereocenters. The number of nitrogens with two attached hydrogens (primary N) is 1. The minimum absolute atomic E-state index is 0. The standard InChI is InChI=1S/C18H25F2N3O3.ClH/c1-18(2,3)14(21)15(24)22-13-5-4-10-23(16(13)25)11-6-8-12(9-7-11)26-17(19)20;/h6-9,13-14,17H,4-5,10,21H2,1-3H3,(H,22,24);1H/t13?,14-;/m1./s1. The Kier molecular flexibility index (Phi) is 7.98. The number of carbonyl (C=O) groups is 2. The van der Waals surface area contributed by atoms with Gasteiger partial charge in [-0.25, -0.2) is 0 Å². The van der Waals surface area contributed by atoms with Crippen molar-refractivity contribution < 1.29 is 23.1 Å². The molecular formula is C18H26ClF2N3O3. The van der Waals surface area contributed by atoms with Crippen LogP contribution in [0, 0.1) is 5.41 Å². The molecule has 0 aromatic heterocycles. The number of hydrogen-bond donors (Lipinski definition) is 2. The molecule has 1 aromatic rings. The predicted molar refractivity (Wildman–Crippen MR) is 101 cm³/mol. The van der Waals surface area contributed by atoms with E-state index in [1.807, 2.05) is 20.8 Å². The Morgan fingerprint density at radius 1 is 1.30 bits per heavy atom. The first-order valence-electron chi connectivity index (χ1n) is 8.52. The van der Waals surface area contributed by atoms with Crippen molar-refractivity contribution >= 4 is 29.9 Å². The Hall–Kier alpha value is -1.93. The van der Waals surface area contributed by atoms with Crippen molar-refractivity contribution in [3.05, 3.63) is 24.3 Å². The highest BCUT2D eigenvalue weighted by Gasteiger charge is 2.34. The second-order valence-electron chi connectivity index (χ2n) is 7.41. The molecule has 1 saturated heterocycles.